The van der Waals surface area contributed by atoms with Gasteiger partial charge >= 0.3 is 0 Å². The molecule has 1 rings (SSSR count). The largest absolute Gasteiger partial charge is 0.391 e. The molecule has 0 radical (unpaired) electrons. The molecule has 0 aromatic heterocycles. The monoisotopic (exact) mass is 202 g/mol. The number of rotatable bonds is 2. The minimum absolute atomic E-state index is 0.227. The zero-order chi connectivity index (χ0) is 8.81. The molecule has 1 fully saturated rings. The Morgan fingerprint density at radius 2 is 2.42 bits per heavy atom. The Bertz CT molecular complexity index is 177. The van der Waals surface area contributed by atoms with Gasteiger partial charge in [-0.05, 0) is 6.92 Å². The van der Waals surface area contributed by atoms with Crippen LogP contribution in [0.1, 0.15) is 13.3 Å². The minimum Gasteiger partial charge on any atom is -0.391 e. The quantitative estimate of drug-likeness (QED) is 0.687. The maximum Gasteiger partial charge on any atom is 0.0775 e. The lowest BCUT2D eigenvalue weighted by Crippen LogP contribution is -2.28. The lowest BCUT2D eigenvalue weighted by molar-refractivity contribution is 0.182. The van der Waals surface area contributed by atoms with E-state index in [9.17, 15) is 5.11 Å². The first-order chi connectivity index (χ1) is 5.84. The zero-order valence-electron chi connectivity index (χ0n) is 7.25. The van der Waals surface area contributed by atoms with E-state index in [1.54, 1.807) is 0 Å². The highest BCUT2D eigenvalue weighted by atomic mass is 32.2. The van der Waals surface area contributed by atoms with Gasteiger partial charge in [-0.1, -0.05) is 0 Å². The van der Waals surface area contributed by atoms with Gasteiger partial charge in [0.05, 0.1) is 6.10 Å². The SMILES string of the molecule is CC#CCC(O)C1CSCCS1. The number of aliphatic hydroxyl groups excluding tert-OH is 1. The number of aliphatic hydroxyl groups is 1. The topological polar surface area (TPSA) is 20.2 Å². The molecule has 12 heavy (non-hydrogen) atoms. The third kappa shape index (κ3) is 3.30. The fourth-order valence-electron chi connectivity index (χ4n) is 1.07. The van der Waals surface area contributed by atoms with Gasteiger partial charge in [0.1, 0.15) is 0 Å². The van der Waals surface area contributed by atoms with Crippen LogP contribution in [0.4, 0.5) is 0 Å². The van der Waals surface area contributed by atoms with Crippen LogP contribution in [0, 0.1) is 11.8 Å². The number of hydrogen-bond acceptors (Lipinski definition) is 3. The highest BCUT2D eigenvalue weighted by molar-refractivity contribution is 8.06. The normalized spacial score (nSPS) is 25.7. The molecular weight excluding hydrogens is 188 g/mol. The molecule has 0 aliphatic carbocycles. The van der Waals surface area contributed by atoms with E-state index in [2.05, 4.69) is 11.8 Å². The molecule has 2 unspecified atom stereocenters. The maximum atomic E-state index is 9.67. The average Bonchev–Trinajstić information content (AvgIpc) is 2.15. The van der Waals surface area contributed by atoms with E-state index in [0.29, 0.717) is 11.7 Å². The van der Waals surface area contributed by atoms with Gasteiger partial charge in [-0.2, -0.15) is 23.5 Å². The van der Waals surface area contributed by atoms with Gasteiger partial charge in [0, 0.05) is 28.9 Å². The third-order valence-corrected chi connectivity index (χ3v) is 4.66. The lowest BCUT2D eigenvalue weighted by Gasteiger charge is -2.24. The van der Waals surface area contributed by atoms with Crippen molar-refractivity contribution in [2.24, 2.45) is 0 Å². The molecule has 1 aliphatic rings. The van der Waals surface area contributed by atoms with Crippen LogP contribution >= 0.6 is 23.5 Å². The molecule has 2 atom stereocenters. The molecular formula is C9H14OS2. The van der Waals surface area contributed by atoms with Crippen molar-refractivity contribution in [1.82, 2.24) is 0 Å². The summed E-state index contributed by atoms with van der Waals surface area (Å²) in [6.07, 6.45) is 0.407. The Hall–Kier alpha value is 0.220. The first-order valence-electron chi connectivity index (χ1n) is 4.11. The lowest BCUT2D eigenvalue weighted by atomic mass is 10.2. The van der Waals surface area contributed by atoms with Gasteiger partial charge in [-0.3, -0.25) is 0 Å². The van der Waals surface area contributed by atoms with Crippen molar-refractivity contribution in [3.8, 4) is 11.8 Å². The highest BCUT2D eigenvalue weighted by Gasteiger charge is 2.21. The zero-order valence-corrected chi connectivity index (χ0v) is 8.88. The average molecular weight is 202 g/mol. The Labute approximate surface area is 82.7 Å². The summed E-state index contributed by atoms with van der Waals surface area (Å²) in [7, 11) is 0. The van der Waals surface area contributed by atoms with Crippen LogP contribution in [0.25, 0.3) is 0 Å². The molecule has 3 heteroatoms. The molecule has 0 bridgehead atoms. The molecule has 1 saturated heterocycles. The van der Waals surface area contributed by atoms with Crippen molar-refractivity contribution < 1.29 is 5.11 Å². The summed E-state index contributed by atoms with van der Waals surface area (Å²) < 4.78 is 0. The van der Waals surface area contributed by atoms with E-state index in [4.69, 9.17) is 0 Å². The van der Waals surface area contributed by atoms with Gasteiger partial charge < -0.3 is 5.11 Å². The van der Waals surface area contributed by atoms with Gasteiger partial charge in [0.25, 0.3) is 0 Å². The van der Waals surface area contributed by atoms with Crippen molar-refractivity contribution >= 4 is 23.5 Å². The van der Waals surface area contributed by atoms with Crippen LogP contribution in [-0.2, 0) is 0 Å². The second kappa shape index (κ2) is 5.80. The summed E-state index contributed by atoms with van der Waals surface area (Å²) in [4.78, 5) is 0. The maximum absolute atomic E-state index is 9.67. The van der Waals surface area contributed by atoms with Crippen LogP contribution in [0.5, 0.6) is 0 Å². The fourth-order valence-corrected chi connectivity index (χ4v) is 3.84. The molecule has 0 aromatic carbocycles. The smallest absolute Gasteiger partial charge is 0.0775 e. The Morgan fingerprint density at radius 3 is 3.00 bits per heavy atom. The standard InChI is InChI=1S/C9H14OS2/c1-2-3-4-8(10)9-7-11-5-6-12-9/h8-10H,4-7H2,1H3. The molecule has 1 heterocycles. The van der Waals surface area contributed by atoms with Crippen LogP contribution in [0.3, 0.4) is 0 Å². The second-order valence-corrected chi connectivity index (χ2v) is 5.18. The third-order valence-electron chi connectivity index (χ3n) is 1.76. The summed E-state index contributed by atoms with van der Waals surface area (Å²) >= 11 is 3.82. The van der Waals surface area contributed by atoms with Crippen LogP contribution in [0.15, 0.2) is 0 Å². The van der Waals surface area contributed by atoms with Crippen molar-refractivity contribution in [3.63, 3.8) is 0 Å². The van der Waals surface area contributed by atoms with E-state index < -0.39 is 0 Å². The summed E-state index contributed by atoms with van der Waals surface area (Å²) in [6.45, 7) is 1.81. The number of thioether (sulfide) groups is 2. The first-order valence-corrected chi connectivity index (χ1v) is 6.32. The molecule has 1 N–H and O–H groups in total. The molecule has 1 aliphatic heterocycles. The van der Waals surface area contributed by atoms with E-state index in [1.807, 2.05) is 30.4 Å². The predicted molar refractivity (Wildman–Crippen MR) is 57.6 cm³/mol. The first kappa shape index (κ1) is 10.3. The van der Waals surface area contributed by atoms with Crippen LogP contribution in [-0.4, -0.2) is 33.7 Å². The fraction of sp³-hybridized carbons (Fsp3) is 0.778. The van der Waals surface area contributed by atoms with Gasteiger partial charge in [-0.15, -0.1) is 11.8 Å². The van der Waals surface area contributed by atoms with Gasteiger partial charge in [-0.25, -0.2) is 0 Å². The predicted octanol–water partition coefficient (Wildman–Crippen LogP) is 1.61. The van der Waals surface area contributed by atoms with Crippen molar-refractivity contribution in [3.05, 3.63) is 0 Å². The summed E-state index contributed by atoms with van der Waals surface area (Å²) in [6, 6.07) is 0. The van der Waals surface area contributed by atoms with E-state index in [1.165, 1.54) is 11.5 Å². The number of hydrogen-bond donors (Lipinski definition) is 1. The molecule has 0 saturated carbocycles. The van der Waals surface area contributed by atoms with Crippen molar-refractivity contribution in [1.29, 1.82) is 0 Å². The Balaban J connectivity index is 2.27. The molecule has 68 valence electrons. The van der Waals surface area contributed by atoms with Crippen LogP contribution in [0.2, 0.25) is 0 Å². The Kier molecular flexibility index (Phi) is 4.98. The van der Waals surface area contributed by atoms with Gasteiger partial charge in [0.2, 0.25) is 0 Å². The highest BCUT2D eigenvalue weighted by Crippen LogP contribution is 2.27. The van der Waals surface area contributed by atoms with Crippen molar-refractivity contribution in [2.75, 3.05) is 17.3 Å². The molecule has 0 aromatic rings. The van der Waals surface area contributed by atoms with E-state index in [-0.39, 0.29) is 6.10 Å². The van der Waals surface area contributed by atoms with Crippen molar-refractivity contribution in [2.45, 2.75) is 24.7 Å². The van der Waals surface area contributed by atoms with E-state index in [0.717, 1.165) is 5.75 Å². The molecule has 1 nitrogen and oxygen atoms in total. The molecule has 0 spiro atoms. The van der Waals surface area contributed by atoms with E-state index >= 15 is 0 Å². The summed E-state index contributed by atoms with van der Waals surface area (Å²) in [5.41, 5.74) is 0. The minimum atomic E-state index is -0.227. The Morgan fingerprint density at radius 1 is 1.58 bits per heavy atom. The summed E-state index contributed by atoms with van der Waals surface area (Å²) in [5, 5.41) is 10.1. The second-order valence-electron chi connectivity index (χ2n) is 2.68. The summed E-state index contributed by atoms with van der Waals surface area (Å²) in [5.74, 6) is 9.22. The molecule has 0 amide bonds. The van der Waals surface area contributed by atoms with Gasteiger partial charge in [0.15, 0.2) is 0 Å². The van der Waals surface area contributed by atoms with Crippen LogP contribution < -0.4 is 0 Å².